The van der Waals surface area contributed by atoms with E-state index in [0.29, 0.717) is 13.1 Å². The second-order valence-corrected chi connectivity index (χ2v) is 6.78. The fraction of sp³-hybridized carbons (Fsp3) is 0.273. The van der Waals surface area contributed by atoms with Crippen LogP contribution in [0.25, 0.3) is 10.9 Å². The molecule has 1 aromatic heterocycles. The van der Waals surface area contributed by atoms with E-state index in [4.69, 9.17) is 4.74 Å². The monoisotopic (exact) mass is 361 g/mol. The topological polar surface area (TPSA) is 45.7 Å². The summed E-state index contributed by atoms with van der Waals surface area (Å²) in [4.78, 5) is 21.9. The summed E-state index contributed by atoms with van der Waals surface area (Å²) in [6, 6.07) is 17.8. The second-order valence-electron chi connectivity index (χ2n) is 6.78. The van der Waals surface area contributed by atoms with Crippen LogP contribution in [0.2, 0.25) is 0 Å². The average molecular weight is 361 g/mol. The molecule has 1 aliphatic heterocycles. The summed E-state index contributed by atoms with van der Waals surface area (Å²) in [5, 5.41) is 0.917. The van der Waals surface area contributed by atoms with Gasteiger partial charge < -0.3 is 14.5 Å². The molecular weight excluding hydrogens is 338 g/mol. The van der Waals surface area contributed by atoms with Crippen molar-refractivity contribution in [2.24, 2.45) is 0 Å². The Morgan fingerprint density at radius 2 is 1.70 bits per heavy atom. The molecule has 5 heteroatoms. The van der Waals surface area contributed by atoms with Gasteiger partial charge in [-0.1, -0.05) is 30.3 Å². The lowest BCUT2D eigenvalue weighted by atomic mass is 10.1. The molecule has 27 heavy (non-hydrogen) atoms. The number of rotatable bonds is 3. The number of hydrogen-bond acceptors (Lipinski definition) is 4. The summed E-state index contributed by atoms with van der Waals surface area (Å²) in [5.41, 5.74) is 3.55. The first kappa shape index (κ1) is 17.3. The van der Waals surface area contributed by atoms with E-state index in [-0.39, 0.29) is 5.91 Å². The van der Waals surface area contributed by atoms with E-state index < -0.39 is 0 Å². The Morgan fingerprint density at radius 1 is 1.00 bits per heavy atom. The normalized spacial score (nSPS) is 14.4. The smallest absolute Gasteiger partial charge is 0.254 e. The van der Waals surface area contributed by atoms with Gasteiger partial charge in [0.2, 0.25) is 0 Å². The van der Waals surface area contributed by atoms with Crippen molar-refractivity contribution in [3.8, 4) is 5.75 Å². The number of nitrogens with zero attached hydrogens (tertiary/aromatic N) is 3. The number of carbonyl (C=O) groups is 1. The van der Waals surface area contributed by atoms with Crippen molar-refractivity contribution in [1.82, 2.24) is 9.88 Å². The fourth-order valence-electron chi connectivity index (χ4n) is 3.70. The highest BCUT2D eigenvalue weighted by atomic mass is 16.5. The molecule has 0 atom stereocenters. The van der Waals surface area contributed by atoms with E-state index in [1.165, 1.54) is 0 Å². The largest absolute Gasteiger partial charge is 0.495 e. The first-order valence-corrected chi connectivity index (χ1v) is 9.21. The number of carbonyl (C=O) groups excluding carboxylic acids is 1. The summed E-state index contributed by atoms with van der Waals surface area (Å²) in [7, 11) is 1.69. The zero-order chi connectivity index (χ0) is 18.8. The highest BCUT2D eigenvalue weighted by molar-refractivity contribution is 6.06. The number of hydrogen-bond donors (Lipinski definition) is 0. The molecule has 2 heterocycles. The van der Waals surface area contributed by atoms with Gasteiger partial charge in [-0.2, -0.15) is 0 Å². The van der Waals surface area contributed by atoms with Gasteiger partial charge in [-0.15, -0.1) is 0 Å². The number of amides is 1. The van der Waals surface area contributed by atoms with Gasteiger partial charge in [-0.05, 0) is 31.2 Å². The molecule has 0 unspecified atom stereocenters. The number of para-hydroxylation sites is 3. The van der Waals surface area contributed by atoms with E-state index in [2.05, 4.69) is 16.0 Å². The van der Waals surface area contributed by atoms with Crippen LogP contribution in [-0.2, 0) is 0 Å². The lowest BCUT2D eigenvalue weighted by molar-refractivity contribution is 0.0748. The summed E-state index contributed by atoms with van der Waals surface area (Å²) in [6.45, 7) is 4.88. The zero-order valence-corrected chi connectivity index (χ0v) is 15.7. The Labute approximate surface area is 159 Å². The predicted octanol–water partition coefficient (Wildman–Crippen LogP) is 3.51. The molecule has 1 amide bonds. The summed E-state index contributed by atoms with van der Waals surface area (Å²) in [5.74, 6) is 0.949. The molecule has 4 rings (SSSR count). The van der Waals surface area contributed by atoms with Gasteiger partial charge in [-0.25, -0.2) is 0 Å². The summed E-state index contributed by atoms with van der Waals surface area (Å²) >= 11 is 0. The van der Waals surface area contributed by atoms with Crippen molar-refractivity contribution in [3.05, 3.63) is 65.9 Å². The van der Waals surface area contributed by atoms with Crippen LogP contribution in [0.1, 0.15) is 16.1 Å². The first-order chi connectivity index (χ1) is 13.2. The second kappa shape index (κ2) is 7.27. The van der Waals surface area contributed by atoms with Gasteiger partial charge >= 0.3 is 0 Å². The maximum absolute atomic E-state index is 13.2. The maximum atomic E-state index is 13.2. The average Bonchev–Trinajstić information content (AvgIpc) is 2.72. The Hall–Kier alpha value is -3.08. The van der Waals surface area contributed by atoms with Crippen LogP contribution in [0.5, 0.6) is 5.75 Å². The van der Waals surface area contributed by atoms with Crippen LogP contribution < -0.4 is 9.64 Å². The number of fused-ring (bicyclic) bond motifs is 1. The molecule has 0 spiro atoms. The SMILES string of the molecule is COc1ccccc1N1CCN(C(=O)c2cc(C)nc3ccccc23)CC1. The van der Waals surface area contributed by atoms with E-state index in [1.807, 2.05) is 60.4 Å². The third-order valence-electron chi connectivity index (χ3n) is 5.07. The number of piperazine rings is 1. The highest BCUT2D eigenvalue weighted by Gasteiger charge is 2.25. The van der Waals surface area contributed by atoms with Crippen molar-refractivity contribution < 1.29 is 9.53 Å². The van der Waals surface area contributed by atoms with Crippen LogP contribution in [0, 0.1) is 6.92 Å². The minimum Gasteiger partial charge on any atom is -0.495 e. The Balaban J connectivity index is 1.54. The summed E-state index contributed by atoms with van der Waals surface area (Å²) < 4.78 is 5.47. The standard InChI is InChI=1S/C22H23N3O2/c1-16-15-18(17-7-3-4-8-19(17)23-16)22(26)25-13-11-24(12-14-25)20-9-5-6-10-21(20)27-2/h3-10,15H,11-14H2,1-2H3. The Kier molecular flexibility index (Phi) is 4.67. The van der Waals surface area contributed by atoms with Gasteiger partial charge in [0.15, 0.2) is 0 Å². The minimum absolute atomic E-state index is 0.0800. The molecule has 0 saturated carbocycles. The van der Waals surface area contributed by atoms with E-state index in [9.17, 15) is 4.79 Å². The van der Waals surface area contributed by atoms with Crippen molar-refractivity contribution in [3.63, 3.8) is 0 Å². The zero-order valence-electron chi connectivity index (χ0n) is 15.7. The molecule has 1 saturated heterocycles. The third-order valence-corrected chi connectivity index (χ3v) is 5.07. The molecule has 138 valence electrons. The summed E-state index contributed by atoms with van der Waals surface area (Å²) in [6.07, 6.45) is 0. The third kappa shape index (κ3) is 3.33. The lowest BCUT2D eigenvalue weighted by Gasteiger charge is -2.36. The first-order valence-electron chi connectivity index (χ1n) is 9.21. The number of methoxy groups -OCH3 is 1. The molecule has 5 nitrogen and oxygen atoms in total. The Bertz CT molecular complexity index is 978. The van der Waals surface area contributed by atoms with Crippen molar-refractivity contribution in [2.75, 3.05) is 38.2 Å². The van der Waals surface area contributed by atoms with Crippen LogP contribution in [-0.4, -0.2) is 49.1 Å². The maximum Gasteiger partial charge on any atom is 0.254 e. The molecule has 0 aliphatic carbocycles. The minimum atomic E-state index is 0.0800. The lowest BCUT2D eigenvalue weighted by Crippen LogP contribution is -2.49. The quantitative estimate of drug-likeness (QED) is 0.716. The van der Waals surface area contributed by atoms with Crippen LogP contribution in [0.4, 0.5) is 5.69 Å². The number of ether oxygens (including phenoxy) is 1. The molecule has 0 bridgehead atoms. The number of benzene rings is 2. The molecule has 1 fully saturated rings. The number of anilines is 1. The van der Waals surface area contributed by atoms with E-state index >= 15 is 0 Å². The number of aromatic nitrogens is 1. The molecule has 0 radical (unpaired) electrons. The highest BCUT2D eigenvalue weighted by Crippen LogP contribution is 2.29. The van der Waals surface area contributed by atoms with Gasteiger partial charge in [0.25, 0.3) is 5.91 Å². The van der Waals surface area contributed by atoms with E-state index in [0.717, 1.165) is 46.7 Å². The van der Waals surface area contributed by atoms with Crippen LogP contribution >= 0.6 is 0 Å². The predicted molar refractivity (Wildman–Crippen MR) is 108 cm³/mol. The van der Waals surface area contributed by atoms with Crippen molar-refractivity contribution in [2.45, 2.75) is 6.92 Å². The number of aryl methyl sites for hydroxylation is 1. The molecule has 3 aromatic rings. The van der Waals surface area contributed by atoms with Gasteiger partial charge in [0, 0.05) is 37.3 Å². The van der Waals surface area contributed by atoms with Crippen LogP contribution in [0.15, 0.2) is 54.6 Å². The van der Waals surface area contributed by atoms with Gasteiger partial charge in [-0.3, -0.25) is 9.78 Å². The molecule has 1 aliphatic rings. The molecular formula is C22H23N3O2. The fourth-order valence-corrected chi connectivity index (χ4v) is 3.70. The van der Waals surface area contributed by atoms with Gasteiger partial charge in [0.1, 0.15) is 5.75 Å². The molecule has 2 aromatic carbocycles. The number of pyridine rings is 1. The van der Waals surface area contributed by atoms with Crippen molar-refractivity contribution >= 4 is 22.5 Å². The Morgan fingerprint density at radius 3 is 2.48 bits per heavy atom. The van der Waals surface area contributed by atoms with Crippen LogP contribution in [0.3, 0.4) is 0 Å². The molecule has 0 N–H and O–H groups in total. The van der Waals surface area contributed by atoms with Gasteiger partial charge in [0.05, 0.1) is 23.9 Å². The van der Waals surface area contributed by atoms with Crippen molar-refractivity contribution in [1.29, 1.82) is 0 Å². The van der Waals surface area contributed by atoms with E-state index in [1.54, 1.807) is 7.11 Å².